The Hall–Kier alpha value is -2.70. The maximum absolute atomic E-state index is 13.2. The first-order valence-electron chi connectivity index (χ1n) is 17.0. The Kier molecular flexibility index (Phi) is 10.6. The zero-order valence-corrected chi connectivity index (χ0v) is 31.6. The number of fused-ring (bicyclic) bond motifs is 4. The van der Waals surface area contributed by atoms with Crippen LogP contribution in [0.4, 0.5) is 0 Å². The fourth-order valence-electron chi connectivity index (χ4n) is 7.18. The molecule has 6 N–H and O–H groups in total. The summed E-state index contributed by atoms with van der Waals surface area (Å²) in [6, 6.07) is 0. The minimum absolute atomic E-state index is 0.0261. The number of imidazole rings is 1. The maximum atomic E-state index is 13.2. The number of nitrogens with one attached hydrogen (secondary N) is 1. The van der Waals surface area contributed by atoms with E-state index >= 15 is 0 Å². The fourth-order valence-corrected chi connectivity index (χ4v) is 10.0. The summed E-state index contributed by atoms with van der Waals surface area (Å²) in [5.74, 6) is -0.609. The lowest BCUT2D eigenvalue weighted by atomic mass is 10.1. The van der Waals surface area contributed by atoms with Crippen LogP contribution in [-0.2, 0) is 75.4 Å². The van der Waals surface area contributed by atoms with E-state index in [0.717, 1.165) is 42.3 Å². The van der Waals surface area contributed by atoms with Crippen LogP contribution in [0.25, 0.3) is 22.2 Å². The lowest BCUT2D eigenvalue weighted by molar-refractivity contribution is -0.123. The summed E-state index contributed by atoms with van der Waals surface area (Å²) in [5, 5.41) is 35.2. The molecular formula is C29H36N8O13P2S2. The molecule has 3 fully saturated rings. The third-order valence-electron chi connectivity index (χ3n) is 9.73. The molecule has 7 heterocycles. The van der Waals surface area contributed by atoms with Gasteiger partial charge in [-0.15, -0.1) is 0 Å². The van der Waals surface area contributed by atoms with Gasteiger partial charge in [-0.05, 0) is 54.9 Å². The zero-order chi connectivity index (χ0) is 37.9. The van der Waals surface area contributed by atoms with Crippen molar-refractivity contribution in [3.8, 4) is 0 Å². The molecule has 8 rings (SSSR count). The second kappa shape index (κ2) is 15.0. The Morgan fingerprint density at radius 1 is 0.889 bits per heavy atom. The molecule has 25 heteroatoms. The number of hydrogen-bond donors (Lipinski definition) is 6. The van der Waals surface area contributed by atoms with Gasteiger partial charge in [0.2, 0.25) is 5.91 Å². The van der Waals surface area contributed by atoms with Gasteiger partial charge in [-0.25, -0.2) is 19.9 Å². The Morgan fingerprint density at radius 3 is 2.39 bits per heavy atom. The second-order valence-electron chi connectivity index (χ2n) is 13.1. The van der Waals surface area contributed by atoms with Gasteiger partial charge in [0, 0.05) is 24.7 Å². The molecule has 1 aliphatic carbocycles. The molecule has 0 saturated carbocycles. The molecule has 4 aromatic heterocycles. The summed E-state index contributed by atoms with van der Waals surface area (Å²) < 4.78 is 39.6. The third-order valence-corrected chi connectivity index (χ3v) is 12.8. The quantitative estimate of drug-likeness (QED) is 0.125. The molecule has 21 nitrogen and oxygen atoms in total. The van der Waals surface area contributed by atoms with Crippen molar-refractivity contribution >= 4 is 65.2 Å². The molecular weight excluding hydrogens is 794 g/mol. The van der Waals surface area contributed by atoms with E-state index in [4.69, 9.17) is 56.3 Å². The molecule has 3 aliphatic heterocycles. The Bertz CT molecular complexity index is 2240. The number of aliphatic hydroxyl groups excluding tert-OH is 3. The van der Waals surface area contributed by atoms with E-state index < -0.39 is 93.8 Å². The van der Waals surface area contributed by atoms with Crippen LogP contribution < -0.4 is 10.9 Å². The van der Waals surface area contributed by atoms with Gasteiger partial charge >= 0.3 is 13.4 Å². The number of amides is 1. The molecule has 0 radical (unpaired) electrons. The van der Waals surface area contributed by atoms with E-state index in [2.05, 4.69) is 25.3 Å². The molecule has 54 heavy (non-hydrogen) atoms. The maximum Gasteiger partial charge on any atom is 0.325 e. The van der Waals surface area contributed by atoms with Gasteiger partial charge in [0.1, 0.15) is 61.5 Å². The number of nitrogens with zero attached hydrogens (tertiary/aromatic N) is 7. The predicted molar refractivity (Wildman–Crippen MR) is 191 cm³/mol. The van der Waals surface area contributed by atoms with Gasteiger partial charge in [0.25, 0.3) is 5.56 Å². The van der Waals surface area contributed by atoms with E-state index in [1.807, 2.05) is 6.20 Å². The van der Waals surface area contributed by atoms with E-state index in [9.17, 15) is 29.6 Å². The van der Waals surface area contributed by atoms with Gasteiger partial charge < -0.3 is 53.5 Å². The van der Waals surface area contributed by atoms with E-state index in [0.29, 0.717) is 5.65 Å². The molecule has 4 aromatic rings. The number of aliphatic hydroxyl groups is 3. The van der Waals surface area contributed by atoms with Crippen molar-refractivity contribution in [2.75, 3.05) is 26.4 Å². The highest BCUT2D eigenvalue weighted by molar-refractivity contribution is 8.07. The number of carbonyl (C=O) groups is 1. The first-order valence-corrected chi connectivity index (χ1v) is 22.1. The minimum Gasteiger partial charge on any atom is -0.387 e. The number of aromatic nitrogens is 7. The van der Waals surface area contributed by atoms with E-state index in [-0.39, 0.29) is 24.3 Å². The third kappa shape index (κ3) is 7.21. The Labute approximate surface area is 315 Å². The fraction of sp³-hybridized carbons (Fsp3) is 0.586. The normalized spacial score (nSPS) is 34.5. The standard InChI is InChI=1S/C29H36N8O13P2S2/c38-8-18(39)30-5-6-35-12-34-26-20(27(35)42)33-13-37(26)29-24-21(40)16(47-29)9-45-51(43,53)49-23-17(10-46-52(44,54)50-24)48-28(22(23)41)36-7-14-3-1-2-4-15-19(14)25(36)32-11-31-15/h7,11-13,16-17,21-24,28-29,38,40-41H,1-6,8-10H2,(H,30,39)(H,43,53)(H,44,54)/t16-,17-,21-,22-,23-,24-,28-,29-,51?,52?/m1/s1. The van der Waals surface area contributed by atoms with Crippen molar-refractivity contribution in [2.45, 2.75) is 81.3 Å². The number of ether oxygens (including phenoxy) is 2. The molecule has 4 aliphatic rings. The summed E-state index contributed by atoms with van der Waals surface area (Å²) >= 11 is 10.7. The van der Waals surface area contributed by atoms with Crippen molar-refractivity contribution < 1.29 is 57.5 Å². The highest BCUT2D eigenvalue weighted by Gasteiger charge is 2.52. The summed E-state index contributed by atoms with van der Waals surface area (Å²) in [5.41, 5.74) is 1.83. The topological polar surface area (TPSA) is 269 Å². The first kappa shape index (κ1) is 38.2. The van der Waals surface area contributed by atoms with Crippen LogP contribution in [0.1, 0.15) is 36.6 Å². The monoisotopic (exact) mass is 830 g/mol. The highest BCUT2D eigenvalue weighted by Crippen LogP contribution is 2.54. The van der Waals surface area contributed by atoms with Gasteiger partial charge in [0.05, 0.1) is 25.2 Å². The van der Waals surface area contributed by atoms with Crippen molar-refractivity contribution in [2.24, 2.45) is 0 Å². The molecule has 2 unspecified atom stereocenters. The molecule has 10 atom stereocenters. The number of hydrogen-bond acceptors (Lipinski definition) is 17. The molecule has 1 amide bonds. The zero-order valence-electron chi connectivity index (χ0n) is 28.1. The lowest BCUT2D eigenvalue weighted by Gasteiger charge is -2.28. The summed E-state index contributed by atoms with van der Waals surface area (Å²) in [6.45, 7) is -10.1. The second-order valence-corrected chi connectivity index (χ2v) is 18.7. The Morgan fingerprint density at radius 2 is 1.61 bits per heavy atom. The van der Waals surface area contributed by atoms with Gasteiger partial charge in [0.15, 0.2) is 23.6 Å². The predicted octanol–water partition coefficient (Wildman–Crippen LogP) is -1.21. The average molecular weight is 831 g/mol. The SMILES string of the molecule is O=C(CO)NCCn1cnc2c(ncn2[C@@H]2O[C@@H]3COP(O)(=S)O[C@H]4[C@@H](O)[C@H](n5cc6c7c(ncnc75)CCCC6)O[C@@H]4COP(O)(=S)O[C@@H]2[C@@H]3O)c1=O. The Balaban J connectivity index is 1.06. The molecule has 3 saturated heterocycles. The van der Waals surface area contributed by atoms with Crippen molar-refractivity contribution in [3.63, 3.8) is 0 Å². The first-order chi connectivity index (χ1) is 25.8. The minimum atomic E-state index is -4.26. The van der Waals surface area contributed by atoms with Crippen LogP contribution in [0.3, 0.4) is 0 Å². The van der Waals surface area contributed by atoms with Gasteiger partial charge in [-0.3, -0.25) is 27.8 Å². The number of rotatable bonds is 6. The summed E-state index contributed by atoms with van der Waals surface area (Å²) in [7, 11) is 0. The molecule has 0 spiro atoms. The van der Waals surface area contributed by atoms with Gasteiger partial charge in [-0.2, -0.15) is 0 Å². The molecule has 0 aromatic carbocycles. The number of aryl methyl sites for hydroxylation is 2. The van der Waals surface area contributed by atoms with Crippen LogP contribution in [0, 0.1) is 0 Å². The van der Waals surface area contributed by atoms with Crippen LogP contribution >= 0.6 is 13.4 Å². The van der Waals surface area contributed by atoms with Gasteiger partial charge in [-0.1, -0.05) is 0 Å². The van der Waals surface area contributed by atoms with E-state index in [1.54, 1.807) is 4.57 Å². The van der Waals surface area contributed by atoms with Crippen molar-refractivity contribution in [3.05, 3.63) is 46.8 Å². The lowest BCUT2D eigenvalue weighted by Crippen LogP contribution is -2.36. The molecule has 292 valence electrons. The van der Waals surface area contributed by atoms with E-state index in [1.165, 1.54) is 28.1 Å². The number of carbonyl (C=O) groups excluding carboxylic acids is 1. The van der Waals surface area contributed by atoms with Crippen LogP contribution in [0.15, 0.2) is 30.0 Å². The van der Waals surface area contributed by atoms with Crippen molar-refractivity contribution in [1.29, 1.82) is 0 Å². The van der Waals surface area contributed by atoms with Crippen LogP contribution in [0.2, 0.25) is 0 Å². The van der Waals surface area contributed by atoms with Crippen LogP contribution in [-0.4, -0.2) is 128 Å². The van der Waals surface area contributed by atoms with Crippen molar-refractivity contribution in [1.82, 2.24) is 39.0 Å². The largest absolute Gasteiger partial charge is 0.387 e. The molecule has 2 bridgehead atoms. The van der Waals surface area contributed by atoms with Crippen LogP contribution in [0.5, 0.6) is 0 Å². The summed E-state index contributed by atoms with van der Waals surface area (Å²) in [4.78, 5) is 64.6. The summed E-state index contributed by atoms with van der Waals surface area (Å²) in [6.07, 6.45) is -1.33. The highest BCUT2D eigenvalue weighted by atomic mass is 32.5. The average Bonchev–Trinajstić information content (AvgIpc) is 3.85. The smallest absolute Gasteiger partial charge is 0.325 e.